The van der Waals surface area contributed by atoms with Gasteiger partial charge in [-0.2, -0.15) is 0 Å². The number of oxazole rings is 1. The Hall–Kier alpha value is -2.67. The van der Waals surface area contributed by atoms with Crippen LogP contribution >= 0.6 is 11.3 Å². The molecule has 2 heterocycles. The van der Waals surface area contributed by atoms with E-state index >= 15 is 0 Å². The first-order valence-corrected chi connectivity index (χ1v) is 10.4. The Balaban J connectivity index is 1.61. The number of hydrogen-bond donors (Lipinski definition) is 2. The number of aryl methyl sites for hydroxylation is 1. The van der Waals surface area contributed by atoms with Crippen molar-refractivity contribution < 1.29 is 4.42 Å². The lowest BCUT2D eigenvalue weighted by Gasteiger charge is -2.09. The highest BCUT2D eigenvalue weighted by atomic mass is 32.1. The van der Waals surface area contributed by atoms with E-state index in [1.54, 1.807) is 17.5 Å². The van der Waals surface area contributed by atoms with E-state index in [1.165, 1.54) is 5.56 Å². The fourth-order valence-corrected chi connectivity index (χ4v) is 3.45. The molecule has 0 amide bonds. The van der Waals surface area contributed by atoms with E-state index in [2.05, 4.69) is 63.9 Å². The number of nitrogens with one attached hydrogen (secondary N) is 2. The quantitative estimate of drug-likeness (QED) is 0.454. The largest absolute Gasteiger partial charge is 0.439 e. The van der Waals surface area contributed by atoms with E-state index in [-0.39, 0.29) is 0 Å². The van der Waals surface area contributed by atoms with Crippen molar-refractivity contribution in [3.8, 4) is 11.3 Å². The summed E-state index contributed by atoms with van der Waals surface area (Å²) in [7, 11) is 0. The average Bonchev–Trinajstić information content (AvgIpc) is 3.34. The maximum atomic E-state index is 5.85. The lowest BCUT2D eigenvalue weighted by Crippen LogP contribution is -2.36. The predicted octanol–water partition coefficient (Wildman–Crippen LogP) is 4.49. The summed E-state index contributed by atoms with van der Waals surface area (Å²) < 4.78 is 5.85. The monoisotopic (exact) mass is 397 g/mol. The van der Waals surface area contributed by atoms with Gasteiger partial charge in [0.1, 0.15) is 11.6 Å². The fourth-order valence-electron chi connectivity index (χ4n) is 2.55. The van der Waals surface area contributed by atoms with Gasteiger partial charge >= 0.3 is 0 Å². The molecule has 0 saturated heterocycles. The van der Waals surface area contributed by atoms with Crippen molar-refractivity contribution in [2.45, 2.75) is 46.7 Å². The number of nitrogens with zero attached hydrogens (tertiary/aromatic N) is 3. The van der Waals surface area contributed by atoms with Crippen LogP contribution in [0.25, 0.3) is 11.3 Å². The number of benzene rings is 1. The Morgan fingerprint density at radius 3 is 2.68 bits per heavy atom. The highest BCUT2D eigenvalue weighted by Crippen LogP contribution is 2.21. The maximum Gasteiger partial charge on any atom is 0.216 e. The minimum Gasteiger partial charge on any atom is -0.439 e. The lowest BCUT2D eigenvalue weighted by molar-refractivity contribution is 0.509. The third kappa shape index (κ3) is 5.42. The third-order valence-electron chi connectivity index (χ3n) is 4.17. The van der Waals surface area contributed by atoms with E-state index in [9.17, 15) is 0 Å². The van der Waals surface area contributed by atoms with Crippen molar-refractivity contribution in [3.05, 3.63) is 58.0 Å². The maximum absolute atomic E-state index is 5.85. The van der Waals surface area contributed by atoms with Crippen molar-refractivity contribution in [1.82, 2.24) is 20.6 Å². The van der Waals surface area contributed by atoms with Crippen LogP contribution in [0, 0.1) is 6.92 Å². The van der Waals surface area contributed by atoms with Crippen LogP contribution in [0.1, 0.15) is 48.8 Å². The van der Waals surface area contributed by atoms with Gasteiger partial charge in [0.25, 0.3) is 0 Å². The molecule has 0 aliphatic carbocycles. The van der Waals surface area contributed by atoms with Crippen LogP contribution in [0.4, 0.5) is 0 Å². The topological polar surface area (TPSA) is 75.3 Å². The Labute approximate surface area is 170 Å². The number of aliphatic imine (C=N–C) groups is 1. The zero-order valence-electron chi connectivity index (χ0n) is 16.8. The van der Waals surface area contributed by atoms with Gasteiger partial charge in [0, 0.05) is 17.5 Å². The molecule has 0 saturated carbocycles. The first kappa shape index (κ1) is 20.1. The van der Waals surface area contributed by atoms with Gasteiger partial charge in [-0.15, -0.1) is 11.3 Å². The fraction of sp³-hybridized carbons (Fsp3) is 0.381. The second kappa shape index (κ2) is 9.50. The third-order valence-corrected chi connectivity index (χ3v) is 5.04. The first-order valence-electron chi connectivity index (χ1n) is 9.53. The van der Waals surface area contributed by atoms with Crippen LogP contribution in [-0.2, 0) is 13.1 Å². The minimum absolute atomic E-state index is 0.371. The summed E-state index contributed by atoms with van der Waals surface area (Å²) in [4.78, 5) is 13.6. The lowest BCUT2D eigenvalue weighted by atomic mass is 10.1. The van der Waals surface area contributed by atoms with Crippen LogP contribution < -0.4 is 10.6 Å². The van der Waals surface area contributed by atoms with E-state index in [0.717, 1.165) is 34.5 Å². The Morgan fingerprint density at radius 2 is 2.00 bits per heavy atom. The van der Waals surface area contributed by atoms with Gasteiger partial charge < -0.3 is 15.1 Å². The minimum atomic E-state index is 0.371. The van der Waals surface area contributed by atoms with Crippen LogP contribution in [0.2, 0.25) is 0 Å². The molecule has 0 aliphatic rings. The van der Waals surface area contributed by atoms with Crippen LogP contribution in [-0.4, -0.2) is 22.5 Å². The van der Waals surface area contributed by atoms with Crippen molar-refractivity contribution in [3.63, 3.8) is 0 Å². The number of hydrogen-bond acceptors (Lipinski definition) is 5. The summed E-state index contributed by atoms with van der Waals surface area (Å²) in [5.41, 5.74) is 3.37. The first-order chi connectivity index (χ1) is 13.5. The molecule has 7 heteroatoms. The summed E-state index contributed by atoms with van der Waals surface area (Å²) in [6.45, 7) is 10.2. The van der Waals surface area contributed by atoms with Crippen LogP contribution in [0.5, 0.6) is 0 Å². The molecule has 0 fully saturated rings. The molecule has 0 radical (unpaired) electrons. The van der Waals surface area contributed by atoms with E-state index < -0.39 is 0 Å². The molecule has 2 N–H and O–H groups in total. The Kier molecular flexibility index (Phi) is 6.81. The number of rotatable bonds is 7. The number of thiazole rings is 1. The molecule has 0 bridgehead atoms. The van der Waals surface area contributed by atoms with Gasteiger partial charge in [0.05, 0.1) is 18.4 Å². The highest BCUT2D eigenvalue weighted by Gasteiger charge is 2.08. The van der Waals surface area contributed by atoms with Gasteiger partial charge in [-0.1, -0.05) is 43.7 Å². The molecule has 0 spiro atoms. The number of aromatic nitrogens is 2. The molecule has 148 valence electrons. The molecular weight excluding hydrogens is 370 g/mol. The SMILES string of the molecule is CCNC(=NCc1ncc(-c2ccc(C)cc2)o1)NCc1nc(C(C)C)cs1. The van der Waals surface area contributed by atoms with E-state index in [0.29, 0.717) is 24.9 Å². The average molecular weight is 398 g/mol. The predicted molar refractivity (Wildman–Crippen MR) is 115 cm³/mol. The van der Waals surface area contributed by atoms with Crippen molar-refractivity contribution in [1.29, 1.82) is 0 Å². The van der Waals surface area contributed by atoms with E-state index in [1.807, 2.05) is 19.1 Å². The van der Waals surface area contributed by atoms with Gasteiger partial charge in [-0.25, -0.2) is 15.0 Å². The molecule has 3 rings (SSSR count). The molecule has 0 unspecified atom stereocenters. The van der Waals surface area contributed by atoms with Gasteiger partial charge in [0.2, 0.25) is 5.89 Å². The Bertz CT molecular complexity index is 911. The molecule has 2 aromatic heterocycles. The standard InChI is InChI=1S/C21H27N5OS/c1-5-22-21(25-12-20-26-17(13-28-20)14(2)3)24-11-19-23-10-18(27-19)16-8-6-15(4)7-9-16/h6-10,13-14H,5,11-12H2,1-4H3,(H2,22,24,25). The zero-order valence-corrected chi connectivity index (χ0v) is 17.6. The molecule has 3 aromatic rings. The molecule has 1 aromatic carbocycles. The molecule has 0 atom stereocenters. The number of guanidine groups is 1. The van der Waals surface area contributed by atoms with Gasteiger partial charge in [-0.3, -0.25) is 0 Å². The smallest absolute Gasteiger partial charge is 0.216 e. The summed E-state index contributed by atoms with van der Waals surface area (Å²) in [6, 6.07) is 8.19. The summed E-state index contributed by atoms with van der Waals surface area (Å²) >= 11 is 1.67. The van der Waals surface area contributed by atoms with Gasteiger partial charge in [-0.05, 0) is 19.8 Å². The Morgan fingerprint density at radius 1 is 1.21 bits per heavy atom. The summed E-state index contributed by atoms with van der Waals surface area (Å²) in [5, 5.41) is 9.73. The second-order valence-electron chi connectivity index (χ2n) is 6.85. The van der Waals surface area contributed by atoms with E-state index in [4.69, 9.17) is 4.42 Å². The van der Waals surface area contributed by atoms with Crippen molar-refractivity contribution in [2.75, 3.05) is 6.54 Å². The van der Waals surface area contributed by atoms with Gasteiger partial charge in [0.15, 0.2) is 11.7 Å². The summed E-state index contributed by atoms with van der Waals surface area (Å²) in [6.07, 6.45) is 1.75. The molecular formula is C21H27N5OS. The van der Waals surface area contributed by atoms with Crippen molar-refractivity contribution >= 4 is 17.3 Å². The highest BCUT2D eigenvalue weighted by molar-refractivity contribution is 7.09. The molecule has 28 heavy (non-hydrogen) atoms. The zero-order chi connectivity index (χ0) is 19.9. The summed E-state index contributed by atoms with van der Waals surface area (Å²) in [5.74, 6) is 2.51. The second-order valence-corrected chi connectivity index (χ2v) is 7.80. The molecule has 0 aliphatic heterocycles. The normalized spacial score (nSPS) is 11.8. The van der Waals surface area contributed by atoms with Crippen LogP contribution in [0.15, 0.2) is 45.3 Å². The van der Waals surface area contributed by atoms with Crippen LogP contribution in [0.3, 0.4) is 0 Å². The van der Waals surface area contributed by atoms with Crippen molar-refractivity contribution in [2.24, 2.45) is 4.99 Å². The molecule has 6 nitrogen and oxygen atoms in total.